The van der Waals surface area contributed by atoms with Crippen molar-refractivity contribution in [1.29, 1.82) is 0 Å². The molecule has 3 aromatic rings. The third-order valence-corrected chi connectivity index (χ3v) is 5.93. The first-order chi connectivity index (χ1) is 18.7. The zero-order valence-electron chi connectivity index (χ0n) is 23.5. The van der Waals surface area contributed by atoms with E-state index in [1.165, 1.54) is 12.3 Å². The SMILES string of the molecule is CC(C)C.COCCCOc1cc2c(cc1-c1ccc(OCCOC)cc1)-c1cc(=O)c(C(=O)O)cn1CC2. The molecule has 0 amide bonds. The Labute approximate surface area is 230 Å². The molecule has 8 nitrogen and oxygen atoms in total. The van der Waals surface area contributed by atoms with Gasteiger partial charge in [-0.25, -0.2) is 4.79 Å². The van der Waals surface area contributed by atoms with E-state index in [-0.39, 0.29) is 5.56 Å². The topological polar surface area (TPSA) is 96.2 Å². The van der Waals surface area contributed by atoms with Crippen molar-refractivity contribution in [3.63, 3.8) is 0 Å². The number of benzene rings is 2. The van der Waals surface area contributed by atoms with E-state index >= 15 is 0 Å². The lowest BCUT2D eigenvalue weighted by Gasteiger charge is -2.25. The zero-order valence-corrected chi connectivity index (χ0v) is 23.5. The molecule has 210 valence electrons. The Morgan fingerprint density at radius 1 is 0.923 bits per heavy atom. The highest BCUT2D eigenvalue weighted by Gasteiger charge is 2.22. The van der Waals surface area contributed by atoms with Gasteiger partial charge in [0.05, 0.1) is 18.9 Å². The molecule has 2 heterocycles. The Bertz CT molecular complexity index is 1290. The van der Waals surface area contributed by atoms with E-state index in [1.54, 1.807) is 14.2 Å². The van der Waals surface area contributed by atoms with Crippen molar-refractivity contribution in [2.45, 2.75) is 40.2 Å². The molecular weight excluding hydrogens is 498 g/mol. The smallest absolute Gasteiger partial charge is 0.341 e. The van der Waals surface area contributed by atoms with Crippen LogP contribution in [0, 0.1) is 5.92 Å². The van der Waals surface area contributed by atoms with Crippen molar-refractivity contribution in [1.82, 2.24) is 4.57 Å². The minimum absolute atomic E-state index is 0.223. The molecule has 8 heteroatoms. The second kappa shape index (κ2) is 14.5. The van der Waals surface area contributed by atoms with Gasteiger partial charge >= 0.3 is 5.97 Å². The lowest BCUT2D eigenvalue weighted by atomic mass is 9.91. The van der Waals surface area contributed by atoms with Gasteiger partial charge < -0.3 is 28.6 Å². The van der Waals surface area contributed by atoms with Gasteiger partial charge in [0.2, 0.25) is 0 Å². The van der Waals surface area contributed by atoms with Crippen LogP contribution in [0.15, 0.2) is 53.5 Å². The molecule has 1 aliphatic heterocycles. The van der Waals surface area contributed by atoms with Gasteiger partial charge in [-0.15, -0.1) is 0 Å². The number of hydrogen-bond acceptors (Lipinski definition) is 6. The maximum Gasteiger partial charge on any atom is 0.341 e. The number of rotatable bonds is 11. The van der Waals surface area contributed by atoms with Crippen LogP contribution in [-0.4, -0.2) is 56.3 Å². The second-order valence-electron chi connectivity index (χ2n) is 9.98. The predicted molar refractivity (Wildman–Crippen MR) is 152 cm³/mol. The van der Waals surface area contributed by atoms with Crippen LogP contribution < -0.4 is 14.9 Å². The van der Waals surface area contributed by atoms with E-state index < -0.39 is 11.4 Å². The Morgan fingerprint density at radius 2 is 1.62 bits per heavy atom. The monoisotopic (exact) mass is 537 g/mol. The first kappa shape index (κ1) is 29.9. The van der Waals surface area contributed by atoms with Crippen LogP contribution in [-0.2, 0) is 22.4 Å². The fourth-order valence-electron chi connectivity index (χ4n) is 4.16. The Balaban J connectivity index is 0.000000983. The summed E-state index contributed by atoms with van der Waals surface area (Å²) in [6, 6.07) is 13.2. The normalized spacial score (nSPS) is 11.7. The number of nitrogens with zero attached hydrogens (tertiary/aromatic N) is 1. The van der Waals surface area contributed by atoms with Gasteiger partial charge in [0.15, 0.2) is 5.43 Å². The maximum absolute atomic E-state index is 12.5. The number of fused-ring (bicyclic) bond motifs is 3. The number of aromatic carboxylic acids is 1. The molecule has 0 radical (unpaired) electrons. The zero-order chi connectivity index (χ0) is 28.4. The summed E-state index contributed by atoms with van der Waals surface area (Å²) in [6.07, 6.45) is 2.89. The minimum Gasteiger partial charge on any atom is -0.493 e. The number of methoxy groups -OCH3 is 2. The number of pyridine rings is 1. The molecule has 1 aliphatic rings. The summed E-state index contributed by atoms with van der Waals surface area (Å²) in [7, 11) is 3.29. The molecule has 0 atom stereocenters. The summed E-state index contributed by atoms with van der Waals surface area (Å²) in [6.45, 7) is 9.17. The summed E-state index contributed by atoms with van der Waals surface area (Å²) >= 11 is 0. The summed E-state index contributed by atoms with van der Waals surface area (Å²) < 4.78 is 23.8. The standard InChI is InChI=1S/C27H29NO7.C4H10/c1-32-10-3-11-35-26-14-19-8-9-28-17-23(27(30)31)25(29)16-24(28)21(19)15-22(26)18-4-6-20(7-5-18)34-13-12-33-2;1-4(2)3/h4-7,14-17H,3,8-13H2,1-2H3,(H,30,31);4H,1-3H3. The number of hydrogen-bond donors (Lipinski definition) is 1. The Kier molecular flexibility index (Phi) is 11.1. The van der Waals surface area contributed by atoms with Gasteiger partial charge in [0, 0.05) is 57.2 Å². The van der Waals surface area contributed by atoms with Crippen molar-refractivity contribution in [2.75, 3.05) is 40.6 Å². The molecule has 0 saturated heterocycles. The average Bonchev–Trinajstić information content (AvgIpc) is 2.90. The summed E-state index contributed by atoms with van der Waals surface area (Å²) in [5.41, 5.74) is 3.74. The van der Waals surface area contributed by atoms with E-state index in [0.29, 0.717) is 45.1 Å². The third-order valence-electron chi connectivity index (χ3n) is 5.93. The van der Waals surface area contributed by atoms with Crippen LogP contribution >= 0.6 is 0 Å². The van der Waals surface area contributed by atoms with Gasteiger partial charge in [-0.2, -0.15) is 0 Å². The van der Waals surface area contributed by atoms with Crippen molar-refractivity contribution in [2.24, 2.45) is 5.92 Å². The van der Waals surface area contributed by atoms with E-state index in [2.05, 4.69) is 20.8 Å². The maximum atomic E-state index is 12.5. The van der Waals surface area contributed by atoms with E-state index in [1.807, 2.05) is 41.0 Å². The Morgan fingerprint density at radius 3 is 2.26 bits per heavy atom. The predicted octanol–water partition coefficient (Wildman–Crippen LogP) is 5.54. The first-order valence-electron chi connectivity index (χ1n) is 13.2. The molecule has 0 bridgehead atoms. The van der Waals surface area contributed by atoms with Crippen LogP contribution in [0.5, 0.6) is 11.5 Å². The summed E-state index contributed by atoms with van der Waals surface area (Å²) in [5, 5.41) is 9.35. The molecular formula is C31H39NO7. The average molecular weight is 538 g/mol. The fraction of sp³-hybridized carbons (Fsp3) is 0.419. The van der Waals surface area contributed by atoms with Crippen LogP contribution in [0.1, 0.15) is 43.1 Å². The third kappa shape index (κ3) is 8.18. The van der Waals surface area contributed by atoms with Crippen molar-refractivity contribution in [3.8, 4) is 33.9 Å². The van der Waals surface area contributed by atoms with Crippen LogP contribution in [0.4, 0.5) is 0 Å². The van der Waals surface area contributed by atoms with Gasteiger partial charge in [-0.1, -0.05) is 32.9 Å². The number of carboxylic acids is 1. The highest BCUT2D eigenvalue weighted by Crippen LogP contribution is 2.39. The summed E-state index contributed by atoms with van der Waals surface area (Å²) in [5.74, 6) is 1.11. The molecule has 1 N–H and O–H groups in total. The molecule has 0 unspecified atom stereocenters. The summed E-state index contributed by atoms with van der Waals surface area (Å²) in [4.78, 5) is 23.9. The molecule has 2 aromatic carbocycles. The van der Waals surface area contributed by atoms with Gasteiger partial charge in [-0.3, -0.25) is 4.79 Å². The first-order valence-corrected chi connectivity index (χ1v) is 13.2. The second-order valence-corrected chi connectivity index (χ2v) is 9.98. The van der Waals surface area contributed by atoms with Crippen LogP contribution in [0.25, 0.3) is 22.4 Å². The molecule has 0 spiro atoms. The highest BCUT2D eigenvalue weighted by atomic mass is 16.5. The van der Waals surface area contributed by atoms with Crippen LogP contribution in [0.2, 0.25) is 0 Å². The van der Waals surface area contributed by atoms with Crippen molar-refractivity contribution < 1.29 is 28.8 Å². The quantitative estimate of drug-likeness (QED) is 0.321. The van der Waals surface area contributed by atoms with Crippen molar-refractivity contribution >= 4 is 5.97 Å². The molecule has 0 aliphatic carbocycles. The lowest BCUT2D eigenvalue weighted by molar-refractivity contribution is 0.0694. The number of carbonyl (C=O) groups is 1. The van der Waals surface area contributed by atoms with Gasteiger partial charge in [0.1, 0.15) is 23.7 Å². The van der Waals surface area contributed by atoms with Gasteiger partial charge in [0.25, 0.3) is 0 Å². The fourth-order valence-corrected chi connectivity index (χ4v) is 4.16. The number of carboxylic acid groups (broad SMARTS) is 1. The minimum atomic E-state index is -1.22. The molecule has 4 rings (SSSR count). The number of ether oxygens (including phenoxy) is 4. The van der Waals surface area contributed by atoms with Crippen LogP contribution in [0.3, 0.4) is 0 Å². The Hall–Kier alpha value is -3.62. The van der Waals surface area contributed by atoms with Crippen molar-refractivity contribution in [3.05, 3.63) is 70.0 Å². The molecule has 1 aromatic heterocycles. The largest absolute Gasteiger partial charge is 0.493 e. The number of aryl methyl sites for hydroxylation is 2. The number of aromatic nitrogens is 1. The van der Waals surface area contributed by atoms with E-state index in [0.717, 1.165) is 46.1 Å². The van der Waals surface area contributed by atoms with E-state index in [9.17, 15) is 14.7 Å². The lowest BCUT2D eigenvalue weighted by Crippen LogP contribution is -2.22. The highest BCUT2D eigenvalue weighted by molar-refractivity contribution is 5.88. The van der Waals surface area contributed by atoms with Gasteiger partial charge in [-0.05, 0) is 47.7 Å². The molecule has 0 fully saturated rings. The molecule has 0 saturated carbocycles. The molecule has 39 heavy (non-hydrogen) atoms. The van der Waals surface area contributed by atoms with E-state index in [4.69, 9.17) is 18.9 Å².